The van der Waals surface area contributed by atoms with Crippen LogP contribution >= 0.6 is 0 Å². The van der Waals surface area contributed by atoms with Crippen molar-refractivity contribution < 1.29 is 4.57 Å². The summed E-state index contributed by atoms with van der Waals surface area (Å²) in [4.78, 5) is 9.05. The van der Waals surface area contributed by atoms with Crippen molar-refractivity contribution in [3.05, 3.63) is 48.4 Å². The summed E-state index contributed by atoms with van der Waals surface area (Å²) in [5, 5.41) is 0. The molecule has 0 atom stereocenters. The van der Waals surface area contributed by atoms with Crippen LogP contribution in [0.1, 0.15) is 5.56 Å². The number of aromatic nitrogens is 5. The van der Waals surface area contributed by atoms with Gasteiger partial charge in [0.05, 0.1) is 0 Å². The van der Waals surface area contributed by atoms with Crippen LogP contribution in [0.5, 0.6) is 0 Å². The van der Waals surface area contributed by atoms with Crippen LogP contribution in [0.4, 0.5) is 0 Å². The normalized spacial score (nSPS) is 13.1. The number of hydrogen-bond donors (Lipinski definition) is 0. The molecule has 0 bridgehead atoms. The first kappa shape index (κ1) is 10.1. The molecule has 0 saturated heterocycles. The molecule has 0 aromatic carbocycles. The van der Waals surface area contributed by atoms with E-state index in [1.807, 2.05) is 24.5 Å². The molecule has 1 aliphatic rings. The minimum absolute atomic E-state index is 0.891. The highest BCUT2D eigenvalue weighted by Gasteiger charge is 2.34. The van der Waals surface area contributed by atoms with Crippen LogP contribution in [0.3, 0.4) is 0 Å². The number of nitrogens with zero attached hydrogens (tertiary/aromatic N) is 5. The summed E-state index contributed by atoms with van der Waals surface area (Å²) < 4.78 is 6.64. The average molecular weight is 262 g/mol. The number of aryl methyl sites for hydroxylation is 1. The Bertz CT molecular complexity index is 992. The van der Waals surface area contributed by atoms with Gasteiger partial charge in [0.15, 0.2) is 23.1 Å². The van der Waals surface area contributed by atoms with Gasteiger partial charge in [-0.25, -0.2) is 14.5 Å². The lowest BCUT2D eigenvalue weighted by Crippen LogP contribution is -2.29. The maximum absolute atomic E-state index is 4.57. The van der Waals surface area contributed by atoms with Crippen molar-refractivity contribution in [1.29, 1.82) is 0 Å². The van der Waals surface area contributed by atoms with Crippen LogP contribution in [-0.4, -0.2) is 18.9 Å². The fraction of sp³-hybridized carbons (Fsp3) is 0.133. The molecule has 0 N–H and O–H groups in total. The monoisotopic (exact) mass is 262 g/mol. The van der Waals surface area contributed by atoms with Gasteiger partial charge in [0.2, 0.25) is 5.65 Å². The van der Waals surface area contributed by atoms with E-state index in [1.54, 1.807) is 0 Å². The lowest BCUT2D eigenvalue weighted by atomic mass is 10.2. The van der Waals surface area contributed by atoms with Gasteiger partial charge in [0, 0.05) is 25.0 Å². The number of fused-ring (bicyclic) bond motifs is 7. The van der Waals surface area contributed by atoms with Crippen LogP contribution in [0.15, 0.2) is 42.9 Å². The molecule has 4 aromatic heterocycles. The van der Waals surface area contributed by atoms with Crippen LogP contribution in [0, 0.1) is 0 Å². The van der Waals surface area contributed by atoms with Crippen molar-refractivity contribution in [2.75, 3.05) is 0 Å². The highest BCUT2D eigenvalue weighted by Crippen LogP contribution is 2.29. The first-order valence-corrected chi connectivity index (χ1v) is 6.63. The second kappa shape index (κ2) is 3.25. The van der Waals surface area contributed by atoms with E-state index in [-0.39, 0.29) is 0 Å². The Kier molecular flexibility index (Phi) is 1.65. The molecule has 5 heterocycles. The van der Waals surface area contributed by atoms with E-state index < -0.39 is 0 Å². The summed E-state index contributed by atoms with van der Waals surface area (Å²) >= 11 is 0. The zero-order chi connectivity index (χ0) is 13.3. The standard InChI is InChI=1S/C15H12N5/c1-18-12-9-19-8-10-4-2-6-16-13(10)15(19)20(12)11-5-3-7-17-14(11)18/h2-7,9H,8H2,1H3/q+1. The fourth-order valence-electron chi connectivity index (χ4n) is 3.21. The fourth-order valence-corrected chi connectivity index (χ4v) is 3.21. The molecule has 0 radical (unpaired) electrons. The summed E-state index contributed by atoms with van der Waals surface area (Å²) in [6, 6.07) is 8.23. The predicted molar refractivity (Wildman–Crippen MR) is 74.2 cm³/mol. The van der Waals surface area contributed by atoms with Crippen LogP contribution < -0.4 is 4.57 Å². The van der Waals surface area contributed by atoms with E-state index in [2.05, 4.69) is 48.9 Å². The molecule has 4 aromatic rings. The van der Waals surface area contributed by atoms with Crippen LogP contribution in [0.25, 0.3) is 28.3 Å². The third-order valence-corrected chi connectivity index (χ3v) is 4.10. The molecular weight excluding hydrogens is 250 g/mol. The van der Waals surface area contributed by atoms with E-state index in [4.69, 9.17) is 0 Å². The topological polar surface area (TPSA) is 39.0 Å². The molecule has 5 nitrogen and oxygen atoms in total. The third-order valence-electron chi connectivity index (χ3n) is 4.10. The van der Waals surface area contributed by atoms with Gasteiger partial charge in [-0.1, -0.05) is 6.07 Å². The molecule has 0 fully saturated rings. The zero-order valence-corrected chi connectivity index (χ0v) is 11.0. The Balaban J connectivity index is 2.03. The molecule has 1 aliphatic heterocycles. The molecule has 0 amide bonds. The van der Waals surface area contributed by atoms with Crippen molar-refractivity contribution in [1.82, 2.24) is 18.9 Å². The van der Waals surface area contributed by atoms with Gasteiger partial charge < -0.3 is 0 Å². The molecule has 0 spiro atoms. The summed E-state index contributed by atoms with van der Waals surface area (Å²) in [6.45, 7) is 0.891. The van der Waals surface area contributed by atoms with Gasteiger partial charge in [-0.15, -0.1) is 0 Å². The third kappa shape index (κ3) is 1.02. The summed E-state index contributed by atoms with van der Waals surface area (Å²) in [7, 11) is 2.06. The number of pyridine rings is 2. The highest BCUT2D eigenvalue weighted by molar-refractivity contribution is 5.80. The molecular formula is C15H12N5+. The largest absolute Gasteiger partial charge is 0.315 e. The molecule has 0 unspecified atom stereocenters. The molecule has 5 rings (SSSR count). The lowest BCUT2D eigenvalue weighted by molar-refractivity contribution is -0.670. The zero-order valence-electron chi connectivity index (χ0n) is 11.0. The van der Waals surface area contributed by atoms with Crippen molar-refractivity contribution in [3.8, 4) is 11.5 Å². The molecule has 96 valence electrons. The Labute approximate surface area is 114 Å². The quantitative estimate of drug-likeness (QED) is 0.397. The number of rotatable bonds is 0. The van der Waals surface area contributed by atoms with E-state index >= 15 is 0 Å². The summed E-state index contributed by atoms with van der Waals surface area (Å²) in [5.41, 5.74) is 5.61. The second-order valence-corrected chi connectivity index (χ2v) is 5.19. The Morgan fingerprint density at radius 1 is 1.15 bits per heavy atom. The van der Waals surface area contributed by atoms with Gasteiger partial charge in [-0.2, -0.15) is 4.40 Å². The minimum Gasteiger partial charge on any atom is -0.289 e. The van der Waals surface area contributed by atoms with Crippen molar-refractivity contribution in [2.45, 2.75) is 6.54 Å². The maximum atomic E-state index is 4.57. The van der Waals surface area contributed by atoms with Crippen LogP contribution in [-0.2, 0) is 13.6 Å². The Morgan fingerprint density at radius 2 is 2.00 bits per heavy atom. The first-order chi connectivity index (χ1) is 9.84. The van der Waals surface area contributed by atoms with Gasteiger partial charge in [0.1, 0.15) is 6.54 Å². The van der Waals surface area contributed by atoms with Crippen LogP contribution in [0.2, 0.25) is 0 Å². The molecule has 0 saturated carbocycles. The van der Waals surface area contributed by atoms with E-state index in [0.717, 1.165) is 34.9 Å². The summed E-state index contributed by atoms with van der Waals surface area (Å²) in [6.07, 6.45) is 5.87. The maximum Gasteiger partial charge on any atom is 0.315 e. The first-order valence-electron chi connectivity index (χ1n) is 6.63. The predicted octanol–water partition coefficient (Wildman–Crippen LogP) is 1.54. The highest BCUT2D eigenvalue weighted by atomic mass is 15.2. The van der Waals surface area contributed by atoms with Gasteiger partial charge in [-0.05, 0) is 18.2 Å². The van der Waals surface area contributed by atoms with E-state index in [1.165, 1.54) is 5.56 Å². The average Bonchev–Trinajstić information content (AvgIpc) is 3.08. The second-order valence-electron chi connectivity index (χ2n) is 5.19. The SMILES string of the molecule is Cn1c2ncccc2n2c3[n+](cc12)Cc1cccnc1-3. The van der Waals surface area contributed by atoms with Gasteiger partial charge >= 0.3 is 5.82 Å². The van der Waals surface area contributed by atoms with Gasteiger partial charge in [-0.3, -0.25) is 4.57 Å². The van der Waals surface area contributed by atoms with Crippen molar-refractivity contribution in [2.24, 2.45) is 7.05 Å². The molecule has 0 aliphatic carbocycles. The van der Waals surface area contributed by atoms with E-state index in [0.29, 0.717) is 0 Å². The minimum atomic E-state index is 0.891. The van der Waals surface area contributed by atoms with Gasteiger partial charge in [0.25, 0.3) is 0 Å². The number of imidazole rings is 2. The molecule has 20 heavy (non-hydrogen) atoms. The Hall–Kier alpha value is -2.69. The van der Waals surface area contributed by atoms with Crippen molar-refractivity contribution >= 4 is 16.8 Å². The smallest absolute Gasteiger partial charge is 0.289 e. The molecule has 5 heteroatoms. The lowest BCUT2D eigenvalue weighted by Gasteiger charge is -1.91. The Morgan fingerprint density at radius 3 is 2.95 bits per heavy atom. The number of hydrogen-bond acceptors (Lipinski definition) is 2. The van der Waals surface area contributed by atoms with E-state index in [9.17, 15) is 0 Å². The summed E-state index contributed by atoms with van der Waals surface area (Å²) in [5.74, 6) is 1.15. The van der Waals surface area contributed by atoms with Crippen molar-refractivity contribution in [3.63, 3.8) is 0 Å².